The third-order valence-corrected chi connectivity index (χ3v) is 7.01. The largest absolute Gasteiger partial charge is 0.461 e. The van der Waals surface area contributed by atoms with Crippen molar-refractivity contribution < 1.29 is 9.21 Å². The van der Waals surface area contributed by atoms with Gasteiger partial charge in [-0.15, -0.1) is 0 Å². The first-order valence-electron chi connectivity index (χ1n) is 11.1. The summed E-state index contributed by atoms with van der Waals surface area (Å²) in [6, 6.07) is 4.61. The number of hydrogen-bond acceptors (Lipinski definition) is 5. The van der Waals surface area contributed by atoms with Crippen molar-refractivity contribution in [1.82, 2.24) is 19.8 Å². The van der Waals surface area contributed by atoms with E-state index in [1.54, 1.807) is 6.26 Å². The van der Waals surface area contributed by atoms with Crippen molar-refractivity contribution in [3.63, 3.8) is 0 Å². The Morgan fingerprint density at radius 2 is 2.03 bits per heavy atom. The van der Waals surface area contributed by atoms with Gasteiger partial charge in [0.2, 0.25) is 5.91 Å². The zero-order chi connectivity index (χ0) is 19.8. The van der Waals surface area contributed by atoms with Gasteiger partial charge in [0.05, 0.1) is 6.26 Å². The molecule has 0 radical (unpaired) electrons. The Balaban J connectivity index is 1.31. The van der Waals surface area contributed by atoms with Crippen LogP contribution in [0.2, 0.25) is 0 Å². The molecule has 0 saturated carbocycles. The number of amides is 1. The summed E-state index contributed by atoms with van der Waals surface area (Å²) >= 11 is 0. The molecule has 0 spiro atoms. The zero-order valence-electron chi connectivity index (χ0n) is 17.2. The molecule has 2 aromatic heterocycles. The quantitative estimate of drug-likeness (QED) is 0.773. The predicted molar refractivity (Wildman–Crippen MR) is 110 cm³/mol. The van der Waals surface area contributed by atoms with E-state index in [1.165, 1.54) is 12.8 Å². The Bertz CT molecular complexity index is 835. The van der Waals surface area contributed by atoms with E-state index >= 15 is 0 Å². The van der Waals surface area contributed by atoms with E-state index in [0.29, 0.717) is 41.4 Å². The molecule has 6 nitrogen and oxygen atoms in total. The Morgan fingerprint density at radius 1 is 1.21 bits per heavy atom. The van der Waals surface area contributed by atoms with E-state index in [2.05, 4.69) is 26.7 Å². The highest BCUT2D eigenvalue weighted by atomic mass is 16.3. The number of furan rings is 1. The van der Waals surface area contributed by atoms with Crippen LogP contribution >= 0.6 is 0 Å². The monoisotopic (exact) mass is 394 g/mol. The third-order valence-electron chi connectivity index (χ3n) is 7.01. The minimum atomic E-state index is 0.407. The van der Waals surface area contributed by atoms with Gasteiger partial charge < -0.3 is 9.32 Å². The van der Waals surface area contributed by atoms with Crippen LogP contribution < -0.4 is 0 Å². The second-order valence-electron chi connectivity index (χ2n) is 8.96. The average molecular weight is 395 g/mol. The summed E-state index contributed by atoms with van der Waals surface area (Å²) < 4.78 is 5.39. The normalized spacial score (nSPS) is 29.7. The number of rotatable bonds is 5. The van der Waals surface area contributed by atoms with Gasteiger partial charge in [-0.25, -0.2) is 9.97 Å². The van der Waals surface area contributed by atoms with Crippen LogP contribution in [-0.4, -0.2) is 50.8 Å². The smallest absolute Gasteiger partial charge is 0.223 e. The molecule has 1 amide bonds. The molecule has 5 heterocycles. The molecule has 0 aromatic carbocycles. The van der Waals surface area contributed by atoms with Gasteiger partial charge in [-0.1, -0.05) is 13.3 Å². The summed E-state index contributed by atoms with van der Waals surface area (Å²) in [5.74, 6) is 2.94. The Kier molecular flexibility index (Phi) is 5.12. The van der Waals surface area contributed by atoms with Gasteiger partial charge in [-0.3, -0.25) is 9.69 Å². The molecule has 154 valence electrons. The van der Waals surface area contributed by atoms with Crippen molar-refractivity contribution >= 4 is 5.91 Å². The van der Waals surface area contributed by atoms with Gasteiger partial charge in [0.25, 0.3) is 0 Å². The van der Waals surface area contributed by atoms with Crippen molar-refractivity contribution in [2.24, 2.45) is 11.8 Å². The van der Waals surface area contributed by atoms with Gasteiger partial charge in [0.1, 0.15) is 0 Å². The number of aromatic nitrogens is 2. The minimum absolute atomic E-state index is 0.407. The fraction of sp³-hybridized carbons (Fsp3) is 0.609. The number of carbonyl (C=O) groups excluding carboxylic acids is 1. The summed E-state index contributed by atoms with van der Waals surface area (Å²) in [6.45, 7) is 5.26. The van der Waals surface area contributed by atoms with Crippen LogP contribution in [0.15, 0.2) is 35.2 Å². The van der Waals surface area contributed by atoms with E-state index in [4.69, 9.17) is 4.42 Å². The standard InChI is InChI=1S/C23H30N4O2/c1-2-5-19-17-10-18(20-6-3-8-22(28)27(19)20)15-26(14-17)13-16-11-24-23(25-12-16)21-7-4-9-29-21/h4,7,9,11-12,17-20H,2-3,5-6,8,10,13-15H2,1H3/t17-,18+,19-,20-/m0/s1. The van der Waals surface area contributed by atoms with Gasteiger partial charge in [-0.05, 0) is 49.7 Å². The number of piperidine rings is 3. The molecule has 3 fully saturated rings. The van der Waals surface area contributed by atoms with Gasteiger partial charge in [0.15, 0.2) is 11.6 Å². The highest BCUT2D eigenvalue weighted by Gasteiger charge is 2.48. The van der Waals surface area contributed by atoms with Crippen LogP contribution in [0, 0.1) is 11.8 Å². The van der Waals surface area contributed by atoms with Gasteiger partial charge in [-0.2, -0.15) is 0 Å². The fourth-order valence-corrected chi connectivity index (χ4v) is 5.90. The maximum absolute atomic E-state index is 12.7. The summed E-state index contributed by atoms with van der Waals surface area (Å²) in [7, 11) is 0. The molecular formula is C23H30N4O2. The van der Waals surface area contributed by atoms with E-state index < -0.39 is 0 Å². The molecule has 0 N–H and O–H groups in total. The van der Waals surface area contributed by atoms with E-state index in [-0.39, 0.29) is 0 Å². The van der Waals surface area contributed by atoms with Crippen LogP contribution in [0.5, 0.6) is 0 Å². The topological polar surface area (TPSA) is 62.5 Å². The molecular weight excluding hydrogens is 364 g/mol. The number of carbonyl (C=O) groups is 1. The number of likely N-dealkylation sites (tertiary alicyclic amines) is 1. The Morgan fingerprint density at radius 3 is 2.79 bits per heavy atom. The lowest BCUT2D eigenvalue weighted by atomic mass is 9.71. The molecule has 0 aliphatic carbocycles. The maximum Gasteiger partial charge on any atom is 0.223 e. The summed E-state index contributed by atoms with van der Waals surface area (Å²) in [4.78, 5) is 26.6. The first-order chi connectivity index (χ1) is 14.2. The third kappa shape index (κ3) is 3.59. The van der Waals surface area contributed by atoms with Crippen molar-refractivity contribution in [1.29, 1.82) is 0 Å². The van der Waals surface area contributed by atoms with E-state index in [0.717, 1.165) is 50.9 Å². The predicted octanol–water partition coefficient (Wildman–Crippen LogP) is 3.74. The number of hydrogen-bond donors (Lipinski definition) is 0. The van der Waals surface area contributed by atoms with Crippen molar-refractivity contribution in [3.05, 3.63) is 36.4 Å². The molecule has 6 heteroatoms. The molecule has 0 unspecified atom stereocenters. The van der Waals surface area contributed by atoms with Crippen LogP contribution in [0.3, 0.4) is 0 Å². The minimum Gasteiger partial charge on any atom is -0.461 e. The summed E-state index contributed by atoms with van der Waals surface area (Å²) in [5, 5.41) is 0. The number of nitrogens with zero attached hydrogens (tertiary/aromatic N) is 4. The van der Waals surface area contributed by atoms with Crippen LogP contribution in [0.25, 0.3) is 11.6 Å². The SMILES string of the molecule is CCC[C@H]1[C@H]2C[C@H](CN(Cc3cnc(-c4ccco4)nc3)C2)[C@@H]2CCCC(=O)N21. The Labute approximate surface area is 172 Å². The van der Waals surface area contributed by atoms with E-state index in [9.17, 15) is 4.79 Å². The maximum atomic E-state index is 12.7. The van der Waals surface area contributed by atoms with Crippen LogP contribution in [-0.2, 0) is 11.3 Å². The van der Waals surface area contributed by atoms with Crippen LogP contribution in [0.4, 0.5) is 0 Å². The summed E-state index contributed by atoms with van der Waals surface area (Å²) in [5.41, 5.74) is 1.14. The Hall–Kier alpha value is -2.21. The molecule has 3 saturated heterocycles. The van der Waals surface area contributed by atoms with Crippen molar-refractivity contribution in [2.45, 2.75) is 64.1 Å². The molecule has 4 atom stereocenters. The second kappa shape index (κ2) is 7.90. The van der Waals surface area contributed by atoms with E-state index in [1.807, 2.05) is 24.5 Å². The first-order valence-corrected chi connectivity index (χ1v) is 11.1. The number of fused-ring (bicyclic) bond motifs is 4. The lowest BCUT2D eigenvalue weighted by Crippen LogP contribution is -2.64. The molecule has 29 heavy (non-hydrogen) atoms. The van der Waals surface area contributed by atoms with Gasteiger partial charge in [0, 0.05) is 56.1 Å². The molecule has 3 aliphatic rings. The fourth-order valence-electron chi connectivity index (χ4n) is 5.90. The molecule has 5 rings (SSSR count). The lowest BCUT2D eigenvalue weighted by Gasteiger charge is -2.56. The van der Waals surface area contributed by atoms with Crippen molar-refractivity contribution in [2.75, 3.05) is 13.1 Å². The highest BCUT2D eigenvalue weighted by molar-refractivity contribution is 5.78. The van der Waals surface area contributed by atoms with Crippen molar-refractivity contribution in [3.8, 4) is 11.6 Å². The van der Waals surface area contributed by atoms with Gasteiger partial charge >= 0.3 is 0 Å². The van der Waals surface area contributed by atoms with Crippen LogP contribution in [0.1, 0.15) is 51.0 Å². The first kappa shape index (κ1) is 18.8. The molecule has 3 aliphatic heterocycles. The lowest BCUT2D eigenvalue weighted by molar-refractivity contribution is -0.153. The second-order valence-corrected chi connectivity index (χ2v) is 8.96. The zero-order valence-corrected chi connectivity index (χ0v) is 17.2. The highest BCUT2D eigenvalue weighted by Crippen LogP contribution is 2.43. The summed E-state index contributed by atoms with van der Waals surface area (Å²) in [6.07, 6.45) is 12.0. The molecule has 2 aromatic rings. The molecule has 2 bridgehead atoms. The average Bonchev–Trinajstić information content (AvgIpc) is 3.27.